The van der Waals surface area contributed by atoms with Crippen molar-refractivity contribution in [1.82, 2.24) is 9.78 Å². The van der Waals surface area contributed by atoms with Gasteiger partial charge in [-0.25, -0.2) is 8.78 Å². The molecule has 0 aliphatic rings. The monoisotopic (exact) mass is 413 g/mol. The van der Waals surface area contributed by atoms with Crippen LogP contribution < -0.4 is 10.1 Å². The maximum atomic E-state index is 12.7. The van der Waals surface area contributed by atoms with E-state index in [4.69, 9.17) is 4.74 Å². The molecule has 0 aliphatic carbocycles. The summed E-state index contributed by atoms with van der Waals surface area (Å²) in [7, 11) is 0. The van der Waals surface area contributed by atoms with Gasteiger partial charge in [0.25, 0.3) is 18.0 Å². The molecule has 0 aliphatic heterocycles. The first kappa shape index (κ1) is 21.7. The van der Waals surface area contributed by atoms with Crippen LogP contribution in [0.15, 0.2) is 24.3 Å². The lowest BCUT2D eigenvalue weighted by atomic mass is 10.2. The number of nitro benzene ring substituents is 1. The van der Waals surface area contributed by atoms with Gasteiger partial charge in [0.15, 0.2) is 6.04 Å². The van der Waals surface area contributed by atoms with Gasteiger partial charge >= 0.3 is 5.82 Å². The average molecular weight is 413 g/mol. The van der Waals surface area contributed by atoms with Gasteiger partial charge in [-0.15, -0.1) is 0 Å². The number of halogens is 2. The normalized spacial score (nSPS) is 11.9. The van der Waals surface area contributed by atoms with Crippen LogP contribution in [0.1, 0.15) is 25.1 Å². The second kappa shape index (κ2) is 9.03. The van der Waals surface area contributed by atoms with Crippen LogP contribution in [0.25, 0.3) is 0 Å². The Balaban J connectivity index is 2.29. The maximum absolute atomic E-state index is 12.7. The lowest BCUT2D eigenvalue weighted by Gasteiger charge is -2.15. The Morgan fingerprint density at radius 2 is 1.93 bits per heavy atom. The Bertz CT molecular complexity index is 933. The largest absolute Gasteiger partial charge is 0.487 e. The summed E-state index contributed by atoms with van der Waals surface area (Å²) in [6.45, 7) is 2.23. The highest BCUT2D eigenvalue weighted by molar-refractivity contribution is 5.94. The number of alkyl halides is 2. The predicted molar refractivity (Wildman–Crippen MR) is 96.2 cm³/mol. The van der Waals surface area contributed by atoms with Gasteiger partial charge in [0, 0.05) is 12.1 Å². The molecule has 0 spiro atoms. The molecule has 0 saturated heterocycles. The number of anilines is 1. The second-order valence-corrected chi connectivity index (χ2v) is 5.93. The fraction of sp³-hybridized carbons (Fsp3) is 0.375. The number of benzene rings is 1. The van der Waals surface area contributed by atoms with Gasteiger partial charge in [0.1, 0.15) is 12.4 Å². The van der Waals surface area contributed by atoms with Crippen LogP contribution in [0.2, 0.25) is 0 Å². The highest BCUT2D eigenvalue weighted by Crippen LogP contribution is 2.28. The van der Waals surface area contributed by atoms with E-state index in [9.17, 15) is 33.8 Å². The van der Waals surface area contributed by atoms with E-state index < -0.39 is 46.3 Å². The van der Waals surface area contributed by atoms with Crippen LogP contribution in [-0.4, -0.2) is 38.6 Å². The van der Waals surface area contributed by atoms with E-state index in [-0.39, 0.29) is 17.9 Å². The Labute approximate surface area is 162 Å². The molecule has 1 atom stereocenters. The molecule has 0 fully saturated rings. The SMILES string of the molecule is CCC(C(=O)Nc1cc(OCC(F)F)cc([N+](=O)[O-])c1)n1nc([N+](=O)[O-])cc1C. The molecule has 2 aromatic rings. The number of nitrogens with zero attached hydrogens (tertiary/aromatic N) is 4. The highest BCUT2D eigenvalue weighted by Gasteiger charge is 2.27. The summed E-state index contributed by atoms with van der Waals surface area (Å²) in [6.07, 6.45) is -2.56. The van der Waals surface area contributed by atoms with Crippen LogP contribution in [0, 0.1) is 27.2 Å². The van der Waals surface area contributed by atoms with Crippen LogP contribution in [-0.2, 0) is 4.79 Å². The Morgan fingerprint density at radius 3 is 2.45 bits per heavy atom. The lowest BCUT2D eigenvalue weighted by Crippen LogP contribution is -2.27. The standard InChI is InChI=1S/C16H17F2N5O6/c1-3-13(21-9(2)4-15(20-21)23(27)28)16(24)19-10-5-11(22(25)26)7-12(6-10)29-8-14(17)18/h4-7,13-14H,3,8H2,1-2H3,(H,19,24). The van der Waals surface area contributed by atoms with Crippen molar-refractivity contribution < 1.29 is 28.2 Å². The van der Waals surface area contributed by atoms with Gasteiger partial charge in [0.05, 0.1) is 33.5 Å². The van der Waals surface area contributed by atoms with Crippen molar-refractivity contribution in [2.45, 2.75) is 32.7 Å². The first-order chi connectivity index (χ1) is 13.6. The van der Waals surface area contributed by atoms with E-state index in [1.54, 1.807) is 13.8 Å². The van der Waals surface area contributed by atoms with Gasteiger partial charge in [-0.3, -0.25) is 14.9 Å². The summed E-state index contributed by atoms with van der Waals surface area (Å²) < 4.78 is 30.7. The lowest BCUT2D eigenvalue weighted by molar-refractivity contribution is -0.389. The number of amides is 1. The van der Waals surface area contributed by atoms with E-state index in [1.165, 1.54) is 16.8 Å². The predicted octanol–water partition coefficient (Wildman–Crippen LogP) is 3.24. The second-order valence-electron chi connectivity index (χ2n) is 5.93. The summed E-state index contributed by atoms with van der Waals surface area (Å²) in [5, 5.41) is 28.2. The molecular weight excluding hydrogens is 396 g/mol. The number of nitrogens with one attached hydrogen (secondary N) is 1. The zero-order chi connectivity index (χ0) is 21.7. The van der Waals surface area contributed by atoms with Crippen LogP contribution in [0.4, 0.5) is 26.0 Å². The summed E-state index contributed by atoms with van der Waals surface area (Å²) in [4.78, 5) is 33.2. The van der Waals surface area contributed by atoms with Gasteiger partial charge < -0.3 is 20.2 Å². The molecule has 1 heterocycles. The molecule has 1 N–H and O–H groups in total. The number of hydrogen-bond acceptors (Lipinski definition) is 7. The third-order valence-electron chi connectivity index (χ3n) is 3.83. The van der Waals surface area contributed by atoms with Crippen molar-refractivity contribution in [3.05, 3.63) is 50.2 Å². The van der Waals surface area contributed by atoms with Crippen LogP contribution in [0.5, 0.6) is 5.75 Å². The Kier molecular flexibility index (Phi) is 6.75. The molecule has 1 aromatic heterocycles. The zero-order valence-corrected chi connectivity index (χ0v) is 15.4. The van der Waals surface area contributed by atoms with Crippen molar-refractivity contribution in [1.29, 1.82) is 0 Å². The van der Waals surface area contributed by atoms with E-state index in [2.05, 4.69) is 10.4 Å². The fourth-order valence-corrected chi connectivity index (χ4v) is 2.57. The first-order valence-corrected chi connectivity index (χ1v) is 8.34. The number of aryl methyl sites for hydroxylation is 1. The van der Waals surface area contributed by atoms with Crippen molar-refractivity contribution in [2.75, 3.05) is 11.9 Å². The topological polar surface area (TPSA) is 142 Å². The third kappa shape index (κ3) is 5.43. The number of carbonyl (C=O) groups is 1. The van der Waals surface area contributed by atoms with Crippen molar-refractivity contribution in [2.24, 2.45) is 0 Å². The fourth-order valence-electron chi connectivity index (χ4n) is 2.57. The first-order valence-electron chi connectivity index (χ1n) is 8.34. The quantitative estimate of drug-likeness (QED) is 0.491. The molecule has 29 heavy (non-hydrogen) atoms. The summed E-state index contributed by atoms with van der Waals surface area (Å²) in [5.41, 5.74) is -0.143. The molecule has 13 heteroatoms. The molecule has 0 saturated carbocycles. The van der Waals surface area contributed by atoms with Crippen molar-refractivity contribution in [3.63, 3.8) is 0 Å². The Morgan fingerprint density at radius 1 is 1.24 bits per heavy atom. The van der Waals surface area contributed by atoms with Gasteiger partial charge in [-0.05, 0) is 18.3 Å². The summed E-state index contributed by atoms with van der Waals surface area (Å²) >= 11 is 0. The van der Waals surface area contributed by atoms with E-state index in [0.717, 1.165) is 12.1 Å². The Hall–Kier alpha value is -3.64. The highest BCUT2D eigenvalue weighted by atomic mass is 19.3. The van der Waals surface area contributed by atoms with E-state index in [1.807, 2.05) is 0 Å². The molecule has 1 unspecified atom stereocenters. The third-order valence-corrected chi connectivity index (χ3v) is 3.83. The molecule has 156 valence electrons. The zero-order valence-electron chi connectivity index (χ0n) is 15.4. The number of nitro groups is 2. The molecule has 1 aromatic carbocycles. The van der Waals surface area contributed by atoms with Gasteiger partial charge in [-0.1, -0.05) is 6.92 Å². The minimum absolute atomic E-state index is 0.0498. The van der Waals surface area contributed by atoms with Crippen LogP contribution >= 0.6 is 0 Å². The van der Waals surface area contributed by atoms with Crippen molar-refractivity contribution >= 4 is 23.1 Å². The van der Waals surface area contributed by atoms with E-state index >= 15 is 0 Å². The van der Waals surface area contributed by atoms with E-state index in [0.29, 0.717) is 5.69 Å². The average Bonchev–Trinajstić information content (AvgIpc) is 3.02. The minimum atomic E-state index is -2.78. The number of ether oxygens (including phenoxy) is 1. The number of rotatable bonds is 9. The van der Waals surface area contributed by atoms with Gasteiger partial charge in [-0.2, -0.15) is 4.68 Å². The number of non-ortho nitro benzene ring substituents is 1. The molecule has 0 bridgehead atoms. The summed E-state index contributed by atoms with van der Waals surface area (Å²) in [5.74, 6) is -1.28. The smallest absolute Gasteiger partial charge is 0.390 e. The van der Waals surface area contributed by atoms with Crippen LogP contribution in [0.3, 0.4) is 0 Å². The number of aromatic nitrogens is 2. The van der Waals surface area contributed by atoms with Crippen molar-refractivity contribution in [3.8, 4) is 5.75 Å². The van der Waals surface area contributed by atoms with Gasteiger partial charge in [0.2, 0.25) is 0 Å². The molecule has 1 amide bonds. The minimum Gasteiger partial charge on any atom is -0.487 e. The number of hydrogen-bond donors (Lipinski definition) is 1. The molecule has 0 radical (unpaired) electrons. The molecular formula is C16H17F2N5O6. The number of carbonyl (C=O) groups excluding carboxylic acids is 1. The molecule has 11 nitrogen and oxygen atoms in total. The summed E-state index contributed by atoms with van der Waals surface area (Å²) in [6, 6.07) is 3.43. The molecule has 2 rings (SSSR count). The maximum Gasteiger partial charge on any atom is 0.390 e.